The van der Waals surface area contributed by atoms with E-state index in [0.717, 1.165) is 30.8 Å². The van der Waals surface area contributed by atoms with Crippen molar-refractivity contribution in [1.82, 2.24) is 0 Å². The first-order valence-electron chi connectivity index (χ1n) is 5.85. The first-order chi connectivity index (χ1) is 7.72. The van der Waals surface area contributed by atoms with Gasteiger partial charge in [-0.2, -0.15) is 0 Å². The maximum atomic E-state index is 9.71. The van der Waals surface area contributed by atoms with Crippen LogP contribution in [0, 0.1) is 5.92 Å². The van der Waals surface area contributed by atoms with Crippen molar-refractivity contribution in [1.29, 1.82) is 0 Å². The molecule has 0 radical (unpaired) electrons. The van der Waals surface area contributed by atoms with Crippen LogP contribution in [0.4, 0.5) is 5.69 Å². The van der Waals surface area contributed by atoms with Crippen LogP contribution in [-0.4, -0.2) is 29.9 Å². The van der Waals surface area contributed by atoms with E-state index < -0.39 is 6.10 Å². The van der Waals surface area contributed by atoms with Gasteiger partial charge in [0.2, 0.25) is 0 Å². The van der Waals surface area contributed by atoms with Crippen molar-refractivity contribution in [3.63, 3.8) is 0 Å². The molecule has 0 bridgehead atoms. The summed E-state index contributed by atoms with van der Waals surface area (Å²) in [5, 5.41) is 18.8. The summed E-state index contributed by atoms with van der Waals surface area (Å²) in [6, 6.07) is 7.95. The molecule has 1 aliphatic heterocycles. The van der Waals surface area contributed by atoms with Gasteiger partial charge in [0.05, 0.1) is 6.10 Å². The monoisotopic (exact) mass is 221 g/mol. The zero-order valence-corrected chi connectivity index (χ0v) is 9.63. The molecule has 0 aromatic heterocycles. The Bertz CT molecular complexity index is 352. The van der Waals surface area contributed by atoms with Crippen molar-refractivity contribution < 1.29 is 10.2 Å². The van der Waals surface area contributed by atoms with Gasteiger partial charge in [-0.15, -0.1) is 0 Å². The van der Waals surface area contributed by atoms with Crippen molar-refractivity contribution in [3.05, 3.63) is 29.8 Å². The maximum absolute atomic E-state index is 9.71. The van der Waals surface area contributed by atoms with Gasteiger partial charge in [-0.1, -0.05) is 18.2 Å². The lowest BCUT2D eigenvalue weighted by molar-refractivity contribution is 0.199. The Morgan fingerprint density at radius 3 is 2.81 bits per heavy atom. The number of nitrogens with zero attached hydrogens (tertiary/aromatic N) is 1. The van der Waals surface area contributed by atoms with Gasteiger partial charge in [-0.25, -0.2) is 0 Å². The molecule has 0 spiro atoms. The second-order valence-corrected chi connectivity index (χ2v) is 4.52. The van der Waals surface area contributed by atoms with Gasteiger partial charge >= 0.3 is 0 Å². The van der Waals surface area contributed by atoms with Crippen LogP contribution in [0.25, 0.3) is 0 Å². The second kappa shape index (κ2) is 4.85. The van der Waals surface area contributed by atoms with Gasteiger partial charge in [0.1, 0.15) is 0 Å². The van der Waals surface area contributed by atoms with E-state index in [0.29, 0.717) is 5.92 Å². The Balaban J connectivity index is 2.20. The zero-order chi connectivity index (χ0) is 11.5. The van der Waals surface area contributed by atoms with Crippen LogP contribution in [0.1, 0.15) is 25.0 Å². The number of benzene rings is 1. The summed E-state index contributed by atoms with van der Waals surface area (Å²) in [7, 11) is 0. The van der Waals surface area contributed by atoms with Gasteiger partial charge in [0, 0.05) is 36.9 Å². The molecule has 0 aliphatic carbocycles. The molecule has 88 valence electrons. The topological polar surface area (TPSA) is 43.7 Å². The Labute approximate surface area is 96.3 Å². The molecule has 1 fully saturated rings. The molecule has 2 N–H and O–H groups in total. The molecule has 1 unspecified atom stereocenters. The van der Waals surface area contributed by atoms with E-state index in [1.165, 1.54) is 0 Å². The smallest absolute Gasteiger partial charge is 0.0781 e. The average Bonchev–Trinajstić information content (AvgIpc) is 2.77. The third-order valence-electron chi connectivity index (χ3n) is 3.27. The van der Waals surface area contributed by atoms with Crippen molar-refractivity contribution in [2.24, 2.45) is 5.92 Å². The Hall–Kier alpha value is -1.06. The van der Waals surface area contributed by atoms with Crippen molar-refractivity contribution in [3.8, 4) is 0 Å². The van der Waals surface area contributed by atoms with E-state index in [1.54, 1.807) is 6.92 Å². The minimum atomic E-state index is -0.440. The number of anilines is 1. The normalized spacial score (nSPS) is 22.4. The van der Waals surface area contributed by atoms with Gasteiger partial charge in [0.15, 0.2) is 0 Å². The molecule has 3 nitrogen and oxygen atoms in total. The number of rotatable bonds is 3. The molecule has 0 amide bonds. The molecular formula is C13H19NO2. The van der Waals surface area contributed by atoms with Crippen molar-refractivity contribution in [2.75, 3.05) is 24.6 Å². The number of hydrogen-bond acceptors (Lipinski definition) is 3. The number of hydrogen-bond donors (Lipinski definition) is 2. The highest BCUT2D eigenvalue weighted by atomic mass is 16.3. The molecule has 0 saturated carbocycles. The standard InChI is InChI=1S/C13H19NO2/c1-10(16)12-4-2-3-5-13(12)14-7-6-11(8-14)9-15/h2-5,10-11,15-16H,6-9H2,1H3/t10-,11?/m0/s1. The largest absolute Gasteiger partial charge is 0.396 e. The van der Waals surface area contributed by atoms with E-state index in [2.05, 4.69) is 4.90 Å². The third-order valence-corrected chi connectivity index (χ3v) is 3.27. The van der Waals surface area contributed by atoms with Gasteiger partial charge in [0.25, 0.3) is 0 Å². The summed E-state index contributed by atoms with van der Waals surface area (Å²) < 4.78 is 0. The summed E-state index contributed by atoms with van der Waals surface area (Å²) in [5.41, 5.74) is 2.08. The molecule has 16 heavy (non-hydrogen) atoms. The predicted molar refractivity (Wildman–Crippen MR) is 64.5 cm³/mol. The predicted octanol–water partition coefficient (Wildman–Crippen LogP) is 1.56. The lowest BCUT2D eigenvalue weighted by Gasteiger charge is -2.23. The fourth-order valence-corrected chi connectivity index (χ4v) is 2.33. The molecule has 1 aromatic rings. The maximum Gasteiger partial charge on any atom is 0.0781 e. The van der Waals surface area contributed by atoms with Crippen LogP contribution >= 0.6 is 0 Å². The Morgan fingerprint density at radius 2 is 2.19 bits per heavy atom. The summed E-state index contributed by atoms with van der Waals surface area (Å²) in [6.45, 7) is 3.90. The van der Waals surface area contributed by atoms with E-state index >= 15 is 0 Å². The van der Waals surface area contributed by atoms with Crippen LogP contribution in [0.15, 0.2) is 24.3 Å². The quantitative estimate of drug-likeness (QED) is 0.814. The summed E-state index contributed by atoms with van der Waals surface area (Å²) >= 11 is 0. The Morgan fingerprint density at radius 1 is 1.44 bits per heavy atom. The number of aliphatic hydroxyl groups excluding tert-OH is 2. The van der Waals surface area contributed by atoms with Gasteiger partial charge in [-0.05, 0) is 19.4 Å². The van der Waals surface area contributed by atoms with Crippen LogP contribution in [0.3, 0.4) is 0 Å². The molecule has 1 saturated heterocycles. The molecule has 1 heterocycles. The molecule has 2 rings (SSSR count). The molecular weight excluding hydrogens is 202 g/mol. The first-order valence-corrected chi connectivity index (χ1v) is 5.85. The minimum absolute atomic E-state index is 0.257. The van der Waals surface area contributed by atoms with E-state index in [1.807, 2.05) is 24.3 Å². The summed E-state index contributed by atoms with van der Waals surface area (Å²) in [5.74, 6) is 0.377. The van der Waals surface area contributed by atoms with E-state index in [-0.39, 0.29) is 6.61 Å². The average molecular weight is 221 g/mol. The molecule has 1 aromatic carbocycles. The zero-order valence-electron chi connectivity index (χ0n) is 9.63. The summed E-state index contributed by atoms with van der Waals surface area (Å²) in [4.78, 5) is 2.25. The number of aliphatic hydroxyl groups is 2. The van der Waals surface area contributed by atoms with Gasteiger partial charge < -0.3 is 15.1 Å². The first kappa shape index (κ1) is 11.4. The second-order valence-electron chi connectivity index (χ2n) is 4.52. The highest BCUT2D eigenvalue weighted by Crippen LogP contribution is 2.30. The highest BCUT2D eigenvalue weighted by molar-refractivity contribution is 5.55. The van der Waals surface area contributed by atoms with Crippen molar-refractivity contribution in [2.45, 2.75) is 19.4 Å². The van der Waals surface area contributed by atoms with Crippen LogP contribution in [0.5, 0.6) is 0 Å². The van der Waals surface area contributed by atoms with Crippen LogP contribution in [-0.2, 0) is 0 Å². The van der Waals surface area contributed by atoms with Gasteiger partial charge in [-0.3, -0.25) is 0 Å². The molecule has 3 heteroatoms. The highest BCUT2D eigenvalue weighted by Gasteiger charge is 2.24. The van der Waals surface area contributed by atoms with Crippen molar-refractivity contribution >= 4 is 5.69 Å². The lowest BCUT2D eigenvalue weighted by atomic mass is 10.1. The molecule has 2 atom stereocenters. The summed E-state index contributed by atoms with van der Waals surface area (Å²) in [6.07, 6.45) is 0.592. The van der Waals surface area contributed by atoms with Crippen LogP contribution in [0.2, 0.25) is 0 Å². The fourth-order valence-electron chi connectivity index (χ4n) is 2.33. The van der Waals surface area contributed by atoms with E-state index in [4.69, 9.17) is 5.11 Å². The Kier molecular flexibility index (Phi) is 3.46. The lowest BCUT2D eigenvalue weighted by Crippen LogP contribution is -2.22. The van der Waals surface area contributed by atoms with Crippen LogP contribution < -0.4 is 4.90 Å². The molecule has 1 aliphatic rings. The number of para-hydroxylation sites is 1. The fraction of sp³-hybridized carbons (Fsp3) is 0.538. The van der Waals surface area contributed by atoms with E-state index in [9.17, 15) is 5.11 Å². The SMILES string of the molecule is C[C@H](O)c1ccccc1N1CCC(CO)C1. The third kappa shape index (κ3) is 2.20. The minimum Gasteiger partial charge on any atom is -0.396 e.